The molecule has 0 spiro atoms. The molecule has 0 amide bonds. The fraction of sp³-hybridized carbons (Fsp3) is 0.476. The zero-order valence-corrected chi connectivity index (χ0v) is 20.3. The molecule has 4 atom stereocenters. The summed E-state index contributed by atoms with van der Waals surface area (Å²) in [5, 5.41) is 0. The van der Waals surface area contributed by atoms with E-state index in [0.717, 1.165) is 0 Å². The maximum absolute atomic E-state index is 12.8. The minimum Gasteiger partial charge on any atom is -0.464 e. The van der Waals surface area contributed by atoms with Crippen LogP contribution in [-0.2, 0) is 29.2 Å². The van der Waals surface area contributed by atoms with Crippen molar-refractivity contribution >= 4 is 50.6 Å². The third-order valence-electron chi connectivity index (χ3n) is 5.66. The third-order valence-corrected chi connectivity index (χ3v) is 7.28. The zero-order valence-electron chi connectivity index (χ0n) is 17.3. The molecule has 32 heavy (non-hydrogen) atoms. The lowest BCUT2D eigenvalue weighted by Gasteiger charge is -2.26. The Kier molecular flexibility index (Phi) is 7.61. The summed E-state index contributed by atoms with van der Waals surface area (Å²) in [4.78, 5) is 36.7. The van der Waals surface area contributed by atoms with Gasteiger partial charge in [-0.15, -0.1) is 0 Å². The zero-order chi connectivity index (χ0) is 23.6. The highest BCUT2D eigenvalue weighted by molar-refractivity contribution is 14.1. The molecule has 2 fully saturated rings. The SMILES string of the molecule is C=C(C)C(=O)Oc1ccc(I)c(C(=O)OC2CC3CC2CC3C(=O)OCCS(=O)(=O)O)c1. The van der Waals surface area contributed by atoms with E-state index in [1.54, 1.807) is 12.1 Å². The van der Waals surface area contributed by atoms with Gasteiger partial charge in [0.15, 0.2) is 0 Å². The molecule has 0 radical (unpaired) electrons. The lowest BCUT2D eigenvalue weighted by molar-refractivity contribution is -0.150. The number of carbonyl (C=O) groups is 3. The second-order valence-corrected chi connectivity index (χ2v) is 10.8. The number of carbonyl (C=O) groups excluding carboxylic acids is 3. The quantitative estimate of drug-likeness (QED) is 0.163. The van der Waals surface area contributed by atoms with Crippen molar-refractivity contribution in [3.05, 3.63) is 39.5 Å². The first-order valence-electron chi connectivity index (χ1n) is 9.94. The van der Waals surface area contributed by atoms with Crippen LogP contribution in [0.3, 0.4) is 0 Å². The normalized spacial score (nSPS) is 24.1. The van der Waals surface area contributed by atoms with E-state index in [4.69, 9.17) is 18.8 Å². The van der Waals surface area contributed by atoms with Gasteiger partial charge in [0.1, 0.15) is 24.2 Å². The van der Waals surface area contributed by atoms with E-state index < -0.39 is 40.4 Å². The van der Waals surface area contributed by atoms with E-state index in [1.807, 2.05) is 22.6 Å². The Hall–Kier alpha value is -1.99. The molecule has 2 aliphatic rings. The van der Waals surface area contributed by atoms with Crippen LogP contribution >= 0.6 is 22.6 Å². The van der Waals surface area contributed by atoms with Crippen LogP contribution in [0, 0.1) is 21.3 Å². The van der Waals surface area contributed by atoms with E-state index in [2.05, 4.69) is 6.58 Å². The summed E-state index contributed by atoms with van der Waals surface area (Å²) in [5.41, 5.74) is 0.516. The number of benzene rings is 1. The molecule has 0 aromatic heterocycles. The highest BCUT2D eigenvalue weighted by Gasteiger charge is 2.50. The summed E-state index contributed by atoms with van der Waals surface area (Å²) in [5.74, 6) is -2.43. The Bertz CT molecular complexity index is 1050. The molecule has 0 aliphatic heterocycles. The maximum atomic E-state index is 12.8. The van der Waals surface area contributed by atoms with Crippen LogP contribution in [-0.4, -0.2) is 49.3 Å². The van der Waals surface area contributed by atoms with Crippen molar-refractivity contribution in [3.8, 4) is 5.75 Å². The van der Waals surface area contributed by atoms with Crippen molar-refractivity contribution in [1.29, 1.82) is 0 Å². The summed E-state index contributed by atoms with van der Waals surface area (Å²) in [6.07, 6.45) is 1.37. The van der Waals surface area contributed by atoms with Gasteiger partial charge in [0, 0.05) is 9.14 Å². The third kappa shape index (κ3) is 6.07. The minimum atomic E-state index is -4.19. The predicted molar refractivity (Wildman–Crippen MR) is 121 cm³/mol. The van der Waals surface area contributed by atoms with Gasteiger partial charge in [-0.05, 0) is 78.8 Å². The van der Waals surface area contributed by atoms with E-state index in [9.17, 15) is 22.8 Å². The van der Waals surface area contributed by atoms with Crippen molar-refractivity contribution < 1.29 is 41.6 Å². The van der Waals surface area contributed by atoms with Gasteiger partial charge < -0.3 is 14.2 Å². The number of fused-ring (bicyclic) bond motifs is 2. The maximum Gasteiger partial charge on any atom is 0.339 e. The molecule has 1 aromatic rings. The Morgan fingerprint density at radius 2 is 1.91 bits per heavy atom. The summed E-state index contributed by atoms with van der Waals surface area (Å²) in [6.45, 7) is 4.65. The van der Waals surface area contributed by atoms with Crippen molar-refractivity contribution in [2.75, 3.05) is 12.4 Å². The number of halogens is 1. The van der Waals surface area contributed by atoms with Gasteiger partial charge in [-0.1, -0.05) is 6.58 Å². The van der Waals surface area contributed by atoms with E-state index >= 15 is 0 Å². The van der Waals surface area contributed by atoms with Gasteiger partial charge in [-0.3, -0.25) is 9.35 Å². The monoisotopic (exact) mass is 578 g/mol. The van der Waals surface area contributed by atoms with Crippen molar-refractivity contribution in [1.82, 2.24) is 0 Å². The Balaban J connectivity index is 1.57. The Morgan fingerprint density at radius 1 is 1.19 bits per heavy atom. The second kappa shape index (κ2) is 9.87. The average molecular weight is 578 g/mol. The first-order chi connectivity index (χ1) is 14.9. The second-order valence-electron chi connectivity index (χ2n) is 8.04. The van der Waals surface area contributed by atoms with Crippen molar-refractivity contribution in [2.45, 2.75) is 32.3 Å². The molecule has 0 saturated heterocycles. The van der Waals surface area contributed by atoms with Gasteiger partial charge in [0.2, 0.25) is 0 Å². The van der Waals surface area contributed by atoms with Crippen LogP contribution in [0.15, 0.2) is 30.4 Å². The minimum absolute atomic E-state index is 0.00478. The molecular formula is C21H23IO9S. The van der Waals surface area contributed by atoms with Crippen molar-refractivity contribution in [2.24, 2.45) is 17.8 Å². The Labute approximate surface area is 199 Å². The van der Waals surface area contributed by atoms with Crippen LogP contribution in [0.5, 0.6) is 5.75 Å². The fourth-order valence-corrected chi connectivity index (χ4v) is 4.98. The molecule has 174 valence electrons. The molecule has 2 aliphatic carbocycles. The molecule has 1 N–H and O–H groups in total. The summed E-state index contributed by atoms with van der Waals surface area (Å²) < 4.78 is 46.7. The Morgan fingerprint density at radius 3 is 2.50 bits per heavy atom. The number of ether oxygens (including phenoxy) is 3. The lowest BCUT2D eigenvalue weighted by Crippen LogP contribution is -2.32. The van der Waals surface area contributed by atoms with Gasteiger partial charge in [-0.2, -0.15) is 8.42 Å². The van der Waals surface area contributed by atoms with Crippen LogP contribution in [0.25, 0.3) is 0 Å². The molecular weight excluding hydrogens is 555 g/mol. The van der Waals surface area contributed by atoms with Gasteiger partial charge in [-0.25, -0.2) is 9.59 Å². The molecule has 9 nitrogen and oxygen atoms in total. The van der Waals surface area contributed by atoms with Crippen LogP contribution in [0.2, 0.25) is 0 Å². The average Bonchev–Trinajstić information content (AvgIpc) is 3.28. The molecule has 1 aromatic carbocycles. The molecule has 0 heterocycles. The van der Waals surface area contributed by atoms with E-state index in [-0.39, 0.29) is 40.7 Å². The van der Waals surface area contributed by atoms with Gasteiger partial charge in [0.25, 0.3) is 10.1 Å². The van der Waals surface area contributed by atoms with Crippen LogP contribution < -0.4 is 4.74 Å². The number of hydrogen-bond acceptors (Lipinski definition) is 8. The smallest absolute Gasteiger partial charge is 0.339 e. The topological polar surface area (TPSA) is 133 Å². The molecule has 11 heteroatoms. The van der Waals surface area contributed by atoms with E-state index in [1.165, 1.54) is 13.0 Å². The molecule has 2 bridgehead atoms. The number of esters is 3. The number of rotatable bonds is 8. The van der Waals surface area contributed by atoms with Crippen molar-refractivity contribution in [3.63, 3.8) is 0 Å². The summed E-state index contributed by atoms with van der Waals surface area (Å²) in [7, 11) is -4.19. The standard InChI is InChI=1S/C21H23IO9S/c1-11(2)19(23)30-14-3-4-17(22)16(10-14)21(25)31-18-9-12-7-13(18)8-15(12)20(24)29-5-6-32(26,27)28/h3-4,10,12-13,15,18H,1,5-9H2,2H3,(H,26,27,28). The highest BCUT2D eigenvalue weighted by atomic mass is 127. The fourth-order valence-electron chi connectivity index (χ4n) is 4.13. The summed E-state index contributed by atoms with van der Waals surface area (Å²) in [6, 6.07) is 4.68. The predicted octanol–water partition coefficient (Wildman–Crippen LogP) is 2.78. The summed E-state index contributed by atoms with van der Waals surface area (Å²) >= 11 is 2.00. The van der Waals surface area contributed by atoms with Gasteiger partial charge >= 0.3 is 17.9 Å². The largest absolute Gasteiger partial charge is 0.464 e. The van der Waals surface area contributed by atoms with Gasteiger partial charge in [0.05, 0.1) is 11.5 Å². The first kappa shape index (κ1) is 24.6. The first-order valence-corrected chi connectivity index (χ1v) is 12.6. The molecule has 3 rings (SSSR count). The molecule has 2 saturated carbocycles. The number of hydrogen-bond donors (Lipinski definition) is 1. The van der Waals surface area contributed by atoms with Crippen LogP contribution in [0.4, 0.5) is 0 Å². The lowest BCUT2D eigenvalue weighted by atomic mass is 9.87. The van der Waals surface area contributed by atoms with Crippen LogP contribution in [0.1, 0.15) is 36.5 Å². The highest BCUT2D eigenvalue weighted by Crippen LogP contribution is 2.50. The molecule has 4 unspecified atom stereocenters. The van der Waals surface area contributed by atoms with E-state index in [0.29, 0.717) is 22.8 Å².